The van der Waals surface area contributed by atoms with Crippen molar-refractivity contribution in [1.82, 2.24) is 9.80 Å². The molecule has 0 aromatic rings. The molecule has 0 unspecified atom stereocenters. The van der Waals surface area contributed by atoms with E-state index < -0.39 is 0 Å². The first kappa shape index (κ1) is 13.9. The van der Waals surface area contributed by atoms with E-state index in [0.29, 0.717) is 6.54 Å². The third-order valence-corrected chi connectivity index (χ3v) is 2.15. The maximum atomic E-state index is 5.43. The van der Waals surface area contributed by atoms with Crippen LogP contribution in [-0.4, -0.2) is 50.6 Å². The standard InChI is InChI=1S/C12H23N3/c1-11(10-13)6-7-12(2)15(5)9-8-14(3)4/h6-7H,1-2,8-10,13H2,3-5H3/b7-6-. The van der Waals surface area contributed by atoms with Crippen molar-refractivity contribution in [2.45, 2.75) is 0 Å². The molecule has 86 valence electrons. The Labute approximate surface area is 93.5 Å². The molecule has 0 radical (unpaired) electrons. The maximum Gasteiger partial charge on any atom is 0.0302 e. The van der Waals surface area contributed by atoms with Gasteiger partial charge in [-0.3, -0.25) is 0 Å². The lowest BCUT2D eigenvalue weighted by Crippen LogP contribution is -2.27. The maximum absolute atomic E-state index is 5.43. The van der Waals surface area contributed by atoms with Crippen molar-refractivity contribution in [3.8, 4) is 0 Å². The highest BCUT2D eigenvalue weighted by molar-refractivity contribution is 5.24. The molecule has 15 heavy (non-hydrogen) atoms. The molecule has 3 nitrogen and oxygen atoms in total. The van der Waals surface area contributed by atoms with Gasteiger partial charge in [0.05, 0.1) is 0 Å². The number of hydrogen-bond acceptors (Lipinski definition) is 3. The molecule has 3 heteroatoms. The van der Waals surface area contributed by atoms with E-state index in [4.69, 9.17) is 5.73 Å². The summed E-state index contributed by atoms with van der Waals surface area (Å²) in [6, 6.07) is 0. The summed E-state index contributed by atoms with van der Waals surface area (Å²) in [6.45, 7) is 10.2. The molecule has 2 N–H and O–H groups in total. The predicted molar refractivity (Wildman–Crippen MR) is 67.7 cm³/mol. The number of nitrogens with two attached hydrogens (primary N) is 1. The monoisotopic (exact) mass is 209 g/mol. The molecule has 0 aliphatic heterocycles. The molecule has 0 atom stereocenters. The van der Waals surface area contributed by atoms with Crippen molar-refractivity contribution in [2.75, 3.05) is 40.8 Å². The second-order valence-electron chi connectivity index (χ2n) is 3.91. The van der Waals surface area contributed by atoms with Gasteiger partial charge in [0, 0.05) is 32.4 Å². The highest BCUT2D eigenvalue weighted by atomic mass is 15.2. The lowest BCUT2D eigenvalue weighted by atomic mass is 10.2. The van der Waals surface area contributed by atoms with Gasteiger partial charge in [-0.15, -0.1) is 0 Å². The molecule has 0 aliphatic rings. The molecule has 0 saturated carbocycles. The van der Waals surface area contributed by atoms with Crippen LogP contribution in [-0.2, 0) is 0 Å². The average Bonchev–Trinajstić information content (AvgIpc) is 2.21. The summed E-state index contributed by atoms with van der Waals surface area (Å²) in [5.74, 6) is 0. The summed E-state index contributed by atoms with van der Waals surface area (Å²) in [7, 11) is 6.15. The minimum Gasteiger partial charge on any atom is -0.374 e. The third kappa shape index (κ3) is 6.94. The largest absolute Gasteiger partial charge is 0.374 e. The first-order chi connectivity index (χ1) is 6.97. The Bertz CT molecular complexity index is 241. The molecule has 0 bridgehead atoms. The van der Waals surface area contributed by atoms with Gasteiger partial charge in [-0.05, 0) is 25.7 Å². The Morgan fingerprint density at radius 1 is 1.13 bits per heavy atom. The SMILES string of the molecule is C=C(/C=C\C(=C)N(C)CCN(C)C)CN. The van der Waals surface area contributed by atoms with Crippen LogP contribution in [0, 0.1) is 0 Å². The van der Waals surface area contributed by atoms with E-state index in [1.165, 1.54) is 0 Å². The Kier molecular flexibility index (Phi) is 6.75. The smallest absolute Gasteiger partial charge is 0.0302 e. The summed E-state index contributed by atoms with van der Waals surface area (Å²) >= 11 is 0. The van der Waals surface area contributed by atoms with Crippen LogP contribution < -0.4 is 5.73 Å². The van der Waals surface area contributed by atoms with Gasteiger partial charge in [0.1, 0.15) is 0 Å². The molecule has 0 rings (SSSR count). The number of likely N-dealkylation sites (N-methyl/N-ethyl adjacent to an activating group) is 2. The van der Waals surface area contributed by atoms with Gasteiger partial charge in [0.15, 0.2) is 0 Å². The van der Waals surface area contributed by atoms with Crippen LogP contribution in [0.3, 0.4) is 0 Å². The Morgan fingerprint density at radius 3 is 2.20 bits per heavy atom. The van der Waals surface area contributed by atoms with Gasteiger partial charge >= 0.3 is 0 Å². The Hall–Kier alpha value is -1.06. The second kappa shape index (κ2) is 7.26. The highest BCUT2D eigenvalue weighted by Crippen LogP contribution is 2.02. The zero-order chi connectivity index (χ0) is 11.8. The van der Waals surface area contributed by atoms with Crippen LogP contribution >= 0.6 is 0 Å². The molecule has 0 spiro atoms. The fourth-order valence-corrected chi connectivity index (χ4v) is 0.903. The van der Waals surface area contributed by atoms with E-state index in [0.717, 1.165) is 24.4 Å². The van der Waals surface area contributed by atoms with E-state index in [2.05, 4.69) is 37.1 Å². The van der Waals surface area contributed by atoms with E-state index in [1.807, 2.05) is 19.2 Å². The summed E-state index contributed by atoms with van der Waals surface area (Å²) < 4.78 is 0. The zero-order valence-electron chi connectivity index (χ0n) is 10.2. The molecule has 0 amide bonds. The van der Waals surface area contributed by atoms with Crippen molar-refractivity contribution in [3.63, 3.8) is 0 Å². The van der Waals surface area contributed by atoms with Crippen molar-refractivity contribution in [3.05, 3.63) is 36.6 Å². The van der Waals surface area contributed by atoms with Crippen LogP contribution in [0.25, 0.3) is 0 Å². The topological polar surface area (TPSA) is 32.5 Å². The number of allylic oxidation sites excluding steroid dienone is 1. The van der Waals surface area contributed by atoms with E-state index in [9.17, 15) is 0 Å². The number of nitrogens with zero attached hydrogens (tertiary/aromatic N) is 2. The molecule has 0 fully saturated rings. The first-order valence-corrected chi connectivity index (χ1v) is 5.08. The molecular formula is C12H23N3. The fraction of sp³-hybridized carbons (Fsp3) is 0.500. The van der Waals surface area contributed by atoms with Crippen molar-refractivity contribution < 1.29 is 0 Å². The lowest BCUT2D eigenvalue weighted by Gasteiger charge is -2.21. The first-order valence-electron chi connectivity index (χ1n) is 5.08. The normalized spacial score (nSPS) is 11.0. The van der Waals surface area contributed by atoms with Gasteiger partial charge in [0.25, 0.3) is 0 Å². The Balaban J connectivity index is 3.99. The number of rotatable bonds is 7. The van der Waals surface area contributed by atoms with E-state index >= 15 is 0 Å². The van der Waals surface area contributed by atoms with Crippen molar-refractivity contribution in [1.29, 1.82) is 0 Å². The predicted octanol–water partition coefficient (Wildman–Crippen LogP) is 1.06. The molecule has 0 aromatic carbocycles. The third-order valence-electron chi connectivity index (χ3n) is 2.15. The summed E-state index contributed by atoms with van der Waals surface area (Å²) in [5.41, 5.74) is 7.32. The van der Waals surface area contributed by atoms with Crippen LogP contribution in [0.5, 0.6) is 0 Å². The molecule has 0 aliphatic carbocycles. The second-order valence-corrected chi connectivity index (χ2v) is 3.91. The molecule has 0 aromatic heterocycles. The minimum atomic E-state index is 0.491. The fourth-order valence-electron chi connectivity index (χ4n) is 0.903. The quantitative estimate of drug-likeness (QED) is 0.637. The van der Waals surface area contributed by atoms with Crippen molar-refractivity contribution in [2.24, 2.45) is 5.73 Å². The zero-order valence-corrected chi connectivity index (χ0v) is 10.2. The summed E-state index contributed by atoms with van der Waals surface area (Å²) in [4.78, 5) is 4.26. The van der Waals surface area contributed by atoms with Crippen molar-refractivity contribution >= 4 is 0 Å². The van der Waals surface area contributed by atoms with E-state index in [1.54, 1.807) is 0 Å². The van der Waals surface area contributed by atoms with Gasteiger partial charge in [-0.25, -0.2) is 0 Å². The van der Waals surface area contributed by atoms with Crippen LogP contribution in [0.4, 0.5) is 0 Å². The highest BCUT2D eigenvalue weighted by Gasteiger charge is 1.99. The summed E-state index contributed by atoms with van der Waals surface area (Å²) in [6.07, 6.45) is 3.86. The van der Waals surface area contributed by atoms with Gasteiger partial charge in [-0.2, -0.15) is 0 Å². The average molecular weight is 209 g/mol. The molecular weight excluding hydrogens is 186 g/mol. The lowest BCUT2D eigenvalue weighted by molar-refractivity contribution is 0.331. The molecule has 0 saturated heterocycles. The van der Waals surface area contributed by atoms with Gasteiger partial charge in [-0.1, -0.05) is 19.2 Å². The summed E-state index contributed by atoms with van der Waals surface area (Å²) in [5, 5.41) is 0. The van der Waals surface area contributed by atoms with E-state index in [-0.39, 0.29) is 0 Å². The van der Waals surface area contributed by atoms with Gasteiger partial charge in [0.2, 0.25) is 0 Å². The van der Waals surface area contributed by atoms with Gasteiger partial charge < -0.3 is 15.5 Å². The molecule has 0 heterocycles. The van der Waals surface area contributed by atoms with Crippen LogP contribution in [0.15, 0.2) is 36.6 Å². The van der Waals surface area contributed by atoms with Crippen LogP contribution in [0.2, 0.25) is 0 Å². The minimum absolute atomic E-state index is 0.491. The number of hydrogen-bond donors (Lipinski definition) is 1. The Morgan fingerprint density at radius 2 is 1.73 bits per heavy atom. The van der Waals surface area contributed by atoms with Crippen LogP contribution in [0.1, 0.15) is 0 Å².